The van der Waals surface area contributed by atoms with Gasteiger partial charge in [0.1, 0.15) is 23.3 Å². The highest BCUT2D eigenvalue weighted by Gasteiger charge is 2.25. The lowest BCUT2D eigenvalue weighted by molar-refractivity contribution is 0.462. The summed E-state index contributed by atoms with van der Waals surface area (Å²) in [7, 11) is 0. The van der Waals surface area contributed by atoms with Crippen LogP contribution in [-0.2, 0) is 0 Å². The number of hydrogen-bond donors (Lipinski definition) is 1. The number of oxazole rings is 1. The van der Waals surface area contributed by atoms with E-state index in [0.717, 1.165) is 19.3 Å². The number of halogens is 1. The van der Waals surface area contributed by atoms with Crippen molar-refractivity contribution in [3.8, 4) is 28.9 Å². The maximum Gasteiger partial charge on any atom is 0.226 e. The van der Waals surface area contributed by atoms with Gasteiger partial charge in [-0.2, -0.15) is 15.6 Å². The fourth-order valence-electron chi connectivity index (χ4n) is 2.67. The summed E-state index contributed by atoms with van der Waals surface area (Å²) in [6, 6.07) is 7.94. The first kappa shape index (κ1) is 16.8. The minimum absolute atomic E-state index is 0.111. The molecule has 3 aromatic rings. The van der Waals surface area contributed by atoms with Crippen LogP contribution in [-0.4, -0.2) is 20.4 Å². The molecule has 1 aromatic carbocycles. The van der Waals surface area contributed by atoms with Crippen LogP contribution in [0.3, 0.4) is 0 Å². The Labute approximate surface area is 144 Å². The predicted octanol–water partition coefficient (Wildman–Crippen LogP) is 4.43. The number of aromatic amines is 1. The third-order valence-electron chi connectivity index (χ3n) is 4.06. The standard InChI is InChI=1S/C18H18FN5O/c1-3-4-5-11(2)17-16(15-14(10-20)22-24-23-15)21-18(25-17)12-6-8-13(19)9-7-12/h6-9,11H,3-5H2,1-2H3,(H,22,23,24). The average Bonchev–Trinajstić information content (AvgIpc) is 3.26. The van der Waals surface area contributed by atoms with Crippen LogP contribution in [0.15, 0.2) is 28.7 Å². The first-order valence-electron chi connectivity index (χ1n) is 8.22. The van der Waals surface area contributed by atoms with Crippen molar-refractivity contribution in [2.24, 2.45) is 0 Å². The van der Waals surface area contributed by atoms with E-state index in [-0.39, 0.29) is 17.4 Å². The lowest BCUT2D eigenvalue weighted by atomic mass is 9.99. The van der Waals surface area contributed by atoms with Crippen LogP contribution in [0.25, 0.3) is 22.8 Å². The lowest BCUT2D eigenvalue weighted by Crippen LogP contribution is -1.96. The minimum Gasteiger partial charge on any atom is -0.440 e. The minimum atomic E-state index is -0.324. The number of nitrogens with zero attached hydrogens (tertiary/aromatic N) is 4. The first-order valence-corrected chi connectivity index (χ1v) is 8.22. The molecule has 0 aliphatic carbocycles. The molecule has 128 valence electrons. The third kappa shape index (κ3) is 3.43. The molecule has 0 saturated carbocycles. The molecule has 0 fully saturated rings. The van der Waals surface area contributed by atoms with Gasteiger partial charge in [-0.25, -0.2) is 9.37 Å². The van der Waals surface area contributed by atoms with Gasteiger partial charge in [-0.1, -0.05) is 26.7 Å². The van der Waals surface area contributed by atoms with E-state index in [1.54, 1.807) is 12.1 Å². The molecule has 0 saturated heterocycles. The van der Waals surface area contributed by atoms with E-state index in [1.807, 2.05) is 6.07 Å². The van der Waals surface area contributed by atoms with E-state index >= 15 is 0 Å². The summed E-state index contributed by atoms with van der Waals surface area (Å²) < 4.78 is 19.2. The maximum absolute atomic E-state index is 13.2. The van der Waals surface area contributed by atoms with Crippen molar-refractivity contribution in [2.45, 2.75) is 39.0 Å². The van der Waals surface area contributed by atoms with Gasteiger partial charge >= 0.3 is 0 Å². The number of rotatable bonds is 6. The Kier molecular flexibility index (Phi) is 4.89. The Hall–Kier alpha value is -3.01. The molecule has 2 heterocycles. The highest BCUT2D eigenvalue weighted by Crippen LogP contribution is 2.35. The zero-order chi connectivity index (χ0) is 17.8. The lowest BCUT2D eigenvalue weighted by Gasteiger charge is -2.08. The van der Waals surface area contributed by atoms with E-state index in [1.165, 1.54) is 12.1 Å². The monoisotopic (exact) mass is 339 g/mol. The molecule has 1 atom stereocenters. The molecular formula is C18H18FN5O. The molecule has 7 heteroatoms. The van der Waals surface area contributed by atoms with Crippen molar-refractivity contribution in [1.29, 1.82) is 5.26 Å². The largest absolute Gasteiger partial charge is 0.440 e. The molecule has 3 rings (SSSR count). The summed E-state index contributed by atoms with van der Waals surface area (Å²) in [5.74, 6) is 0.827. The summed E-state index contributed by atoms with van der Waals surface area (Å²) in [5, 5.41) is 19.6. The van der Waals surface area contributed by atoms with Gasteiger partial charge in [0.2, 0.25) is 5.89 Å². The Bertz CT molecular complexity index is 891. The van der Waals surface area contributed by atoms with Crippen molar-refractivity contribution in [3.63, 3.8) is 0 Å². The number of benzene rings is 1. The summed E-state index contributed by atoms with van der Waals surface area (Å²) in [6.07, 6.45) is 3.06. The van der Waals surface area contributed by atoms with Crippen molar-refractivity contribution in [3.05, 3.63) is 41.5 Å². The Morgan fingerprint density at radius 3 is 2.68 bits per heavy atom. The second-order valence-corrected chi connectivity index (χ2v) is 5.91. The van der Waals surface area contributed by atoms with E-state index in [4.69, 9.17) is 4.42 Å². The van der Waals surface area contributed by atoms with Crippen LogP contribution in [0.5, 0.6) is 0 Å². The smallest absolute Gasteiger partial charge is 0.226 e. The van der Waals surface area contributed by atoms with Crippen molar-refractivity contribution >= 4 is 0 Å². The topological polar surface area (TPSA) is 91.4 Å². The number of nitrogens with one attached hydrogen (secondary N) is 1. The molecule has 2 aromatic heterocycles. The number of unbranched alkanes of at least 4 members (excludes halogenated alkanes) is 1. The van der Waals surface area contributed by atoms with E-state index in [9.17, 15) is 9.65 Å². The Morgan fingerprint density at radius 1 is 1.24 bits per heavy atom. The summed E-state index contributed by atoms with van der Waals surface area (Å²) in [6.45, 7) is 4.18. The molecule has 0 aliphatic heterocycles. The number of aromatic nitrogens is 4. The van der Waals surface area contributed by atoms with Gasteiger partial charge in [0.25, 0.3) is 0 Å². The SMILES string of the molecule is CCCCC(C)c1oc(-c2ccc(F)cc2)nc1-c1n[nH]nc1C#N. The molecule has 0 amide bonds. The highest BCUT2D eigenvalue weighted by molar-refractivity contribution is 5.66. The second kappa shape index (κ2) is 7.26. The molecule has 6 nitrogen and oxygen atoms in total. The molecule has 0 radical (unpaired) electrons. The van der Waals surface area contributed by atoms with E-state index in [0.29, 0.717) is 28.6 Å². The van der Waals surface area contributed by atoms with Crippen LogP contribution < -0.4 is 0 Å². The summed E-state index contributed by atoms with van der Waals surface area (Å²) in [5.41, 5.74) is 1.72. The van der Waals surface area contributed by atoms with Gasteiger partial charge in [-0.15, -0.1) is 5.10 Å². The maximum atomic E-state index is 13.2. The number of nitriles is 1. The molecule has 1 N–H and O–H groups in total. The van der Waals surface area contributed by atoms with Crippen LogP contribution in [0.2, 0.25) is 0 Å². The Morgan fingerprint density at radius 2 is 2.00 bits per heavy atom. The third-order valence-corrected chi connectivity index (χ3v) is 4.06. The van der Waals surface area contributed by atoms with Crippen LogP contribution in [0.4, 0.5) is 4.39 Å². The van der Waals surface area contributed by atoms with E-state index in [2.05, 4.69) is 34.2 Å². The average molecular weight is 339 g/mol. The highest BCUT2D eigenvalue weighted by atomic mass is 19.1. The van der Waals surface area contributed by atoms with Crippen molar-refractivity contribution in [2.75, 3.05) is 0 Å². The summed E-state index contributed by atoms with van der Waals surface area (Å²) >= 11 is 0. The molecule has 1 unspecified atom stereocenters. The molecule has 25 heavy (non-hydrogen) atoms. The fourth-order valence-corrected chi connectivity index (χ4v) is 2.67. The van der Waals surface area contributed by atoms with Gasteiger partial charge in [0.05, 0.1) is 0 Å². The zero-order valence-electron chi connectivity index (χ0n) is 14.1. The predicted molar refractivity (Wildman–Crippen MR) is 89.9 cm³/mol. The molecular weight excluding hydrogens is 321 g/mol. The first-order chi connectivity index (χ1) is 12.1. The number of H-pyrrole nitrogens is 1. The van der Waals surface area contributed by atoms with Gasteiger partial charge < -0.3 is 4.42 Å². The zero-order valence-corrected chi connectivity index (χ0v) is 14.1. The fraction of sp³-hybridized carbons (Fsp3) is 0.333. The van der Waals surface area contributed by atoms with Gasteiger partial charge in [-0.05, 0) is 30.7 Å². The van der Waals surface area contributed by atoms with Gasteiger partial charge in [0, 0.05) is 11.5 Å². The van der Waals surface area contributed by atoms with Crippen molar-refractivity contribution < 1.29 is 8.81 Å². The van der Waals surface area contributed by atoms with Crippen molar-refractivity contribution in [1.82, 2.24) is 20.4 Å². The summed E-state index contributed by atoms with van der Waals surface area (Å²) in [4.78, 5) is 4.53. The Balaban J connectivity index is 2.08. The normalized spacial score (nSPS) is 12.1. The molecule has 0 bridgehead atoms. The van der Waals surface area contributed by atoms with Crippen LogP contribution in [0, 0.1) is 17.1 Å². The second-order valence-electron chi connectivity index (χ2n) is 5.91. The van der Waals surface area contributed by atoms with Crippen LogP contribution >= 0.6 is 0 Å². The quantitative estimate of drug-likeness (QED) is 0.717. The van der Waals surface area contributed by atoms with Crippen LogP contribution in [0.1, 0.15) is 50.5 Å². The van der Waals surface area contributed by atoms with E-state index < -0.39 is 0 Å². The van der Waals surface area contributed by atoms with Gasteiger partial charge in [0.15, 0.2) is 11.4 Å². The number of hydrogen-bond acceptors (Lipinski definition) is 5. The molecule has 0 spiro atoms. The van der Waals surface area contributed by atoms with Gasteiger partial charge in [-0.3, -0.25) is 0 Å². The molecule has 0 aliphatic rings.